The van der Waals surface area contributed by atoms with Crippen LogP contribution in [0.1, 0.15) is 31.1 Å². The molecular weight excluding hydrogens is 208 g/mol. The third-order valence-electron chi connectivity index (χ3n) is 1.98. The molecule has 88 valence electrons. The summed E-state index contributed by atoms with van der Waals surface area (Å²) in [4.78, 5) is 11.4. The number of esters is 1. The van der Waals surface area contributed by atoms with Gasteiger partial charge in [0.25, 0.3) is 0 Å². The summed E-state index contributed by atoms with van der Waals surface area (Å²) in [6, 6.07) is 0. The first-order chi connectivity index (χ1) is 7.56. The zero-order valence-electron chi connectivity index (χ0n) is 9.73. The average molecular weight is 224 g/mol. The van der Waals surface area contributed by atoms with Crippen LogP contribution in [0.4, 0.5) is 0 Å². The first-order valence-electron chi connectivity index (χ1n) is 5.11. The van der Waals surface area contributed by atoms with Gasteiger partial charge in [-0.1, -0.05) is 11.6 Å². The number of nitrogens with zero attached hydrogens (tertiary/aromatic N) is 2. The highest BCUT2D eigenvalue weighted by Gasteiger charge is 2.17. The first kappa shape index (κ1) is 12.3. The Balaban J connectivity index is 2.84. The summed E-state index contributed by atoms with van der Waals surface area (Å²) in [5, 5.41) is 13.6. The maximum atomic E-state index is 11.4. The third-order valence-corrected chi connectivity index (χ3v) is 1.98. The number of carbonyl (C=O) groups is 1. The molecule has 1 aromatic heterocycles. The van der Waals surface area contributed by atoms with Crippen molar-refractivity contribution in [2.45, 2.75) is 27.3 Å². The SMILES string of the molecule is CCOC(=O)c1cnn(CC=C(C)C)c1O. The lowest BCUT2D eigenvalue weighted by molar-refractivity contribution is 0.0522. The van der Waals surface area contributed by atoms with Crippen molar-refractivity contribution in [2.75, 3.05) is 6.61 Å². The maximum Gasteiger partial charge on any atom is 0.345 e. The Kier molecular flexibility index (Phi) is 4.10. The van der Waals surface area contributed by atoms with Crippen molar-refractivity contribution in [1.82, 2.24) is 9.78 Å². The van der Waals surface area contributed by atoms with E-state index in [9.17, 15) is 9.90 Å². The highest BCUT2D eigenvalue weighted by atomic mass is 16.5. The van der Waals surface area contributed by atoms with E-state index in [1.807, 2.05) is 19.9 Å². The Morgan fingerprint density at radius 3 is 2.88 bits per heavy atom. The van der Waals surface area contributed by atoms with Gasteiger partial charge in [0, 0.05) is 0 Å². The van der Waals surface area contributed by atoms with Gasteiger partial charge >= 0.3 is 5.97 Å². The molecule has 0 fully saturated rings. The van der Waals surface area contributed by atoms with Gasteiger partial charge in [-0.15, -0.1) is 0 Å². The molecule has 5 nitrogen and oxygen atoms in total. The largest absolute Gasteiger partial charge is 0.493 e. The van der Waals surface area contributed by atoms with Gasteiger partial charge in [0.1, 0.15) is 5.56 Å². The van der Waals surface area contributed by atoms with E-state index in [1.165, 1.54) is 10.9 Å². The van der Waals surface area contributed by atoms with E-state index < -0.39 is 5.97 Å². The molecule has 0 spiro atoms. The van der Waals surface area contributed by atoms with Crippen LogP contribution in [-0.4, -0.2) is 27.5 Å². The lowest BCUT2D eigenvalue weighted by Crippen LogP contribution is -2.04. The predicted octanol–water partition coefficient (Wildman–Crippen LogP) is 1.73. The van der Waals surface area contributed by atoms with Gasteiger partial charge in [-0.2, -0.15) is 5.10 Å². The van der Waals surface area contributed by atoms with Crippen LogP contribution < -0.4 is 0 Å². The van der Waals surface area contributed by atoms with Gasteiger partial charge in [-0.05, 0) is 20.8 Å². The zero-order chi connectivity index (χ0) is 12.1. The van der Waals surface area contributed by atoms with Crippen molar-refractivity contribution < 1.29 is 14.6 Å². The summed E-state index contributed by atoms with van der Waals surface area (Å²) >= 11 is 0. The molecule has 0 radical (unpaired) electrons. The first-order valence-corrected chi connectivity index (χ1v) is 5.11. The van der Waals surface area contributed by atoms with Crippen LogP contribution in [0.2, 0.25) is 0 Å². The number of aromatic hydroxyl groups is 1. The molecule has 1 rings (SSSR count). The van der Waals surface area contributed by atoms with Crippen molar-refractivity contribution in [2.24, 2.45) is 0 Å². The zero-order valence-corrected chi connectivity index (χ0v) is 9.73. The minimum absolute atomic E-state index is 0.101. The predicted molar refractivity (Wildman–Crippen MR) is 59.3 cm³/mol. The molecule has 0 atom stereocenters. The Hall–Kier alpha value is -1.78. The molecule has 0 aromatic carbocycles. The molecule has 0 unspecified atom stereocenters. The summed E-state index contributed by atoms with van der Waals surface area (Å²) in [7, 11) is 0. The summed E-state index contributed by atoms with van der Waals surface area (Å²) in [5.41, 5.74) is 1.22. The van der Waals surface area contributed by atoms with E-state index in [-0.39, 0.29) is 18.1 Å². The molecule has 16 heavy (non-hydrogen) atoms. The van der Waals surface area contributed by atoms with Crippen molar-refractivity contribution in [3.05, 3.63) is 23.4 Å². The van der Waals surface area contributed by atoms with E-state index in [0.29, 0.717) is 6.54 Å². The van der Waals surface area contributed by atoms with Crippen LogP contribution in [0, 0.1) is 0 Å². The Labute approximate surface area is 94.3 Å². The summed E-state index contributed by atoms with van der Waals surface area (Å²) in [5.74, 6) is -0.709. The number of aromatic nitrogens is 2. The van der Waals surface area contributed by atoms with E-state index in [0.717, 1.165) is 5.57 Å². The summed E-state index contributed by atoms with van der Waals surface area (Å²) in [6.07, 6.45) is 3.22. The molecule has 0 aliphatic rings. The molecular formula is C11H16N2O3. The van der Waals surface area contributed by atoms with Gasteiger partial charge in [0.05, 0.1) is 19.3 Å². The second kappa shape index (κ2) is 5.34. The normalized spacial score (nSPS) is 9.94. The van der Waals surface area contributed by atoms with Crippen molar-refractivity contribution in [3.63, 3.8) is 0 Å². The fraction of sp³-hybridized carbons (Fsp3) is 0.455. The minimum atomic E-state index is -0.552. The quantitative estimate of drug-likeness (QED) is 0.625. The fourth-order valence-corrected chi connectivity index (χ4v) is 1.13. The standard InChI is InChI=1S/C11H16N2O3/c1-4-16-11(15)9-7-12-13(10(9)14)6-5-8(2)3/h5,7,14H,4,6H2,1-3H3. The number of rotatable bonds is 4. The van der Waals surface area contributed by atoms with Crippen molar-refractivity contribution in [1.29, 1.82) is 0 Å². The topological polar surface area (TPSA) is 64.3 Å². The van der Waals surface area contributed by atoms with Crippen LogP contribution in [0.15, 0.2) is 17.8 Å². The number of hydrogen-bond donors (Lipinski definition) is 1. The third kappa shape index (κ3) is 2.85. The Morgan fingerprint density at radius 2 is 2.31 bits per heavy atom. The smallest absolute Gasteiger partial charge is 0.345 e. The van der Waals surface area contributed by atoms with Crippen molar-refractivity contribution >= 4 is 5.97 Å². The number of ether oxygens (including phenoxy) is 1. The van der Waals surface area contributed by atoms with Crippen LogP contribution in [0.25, 0.3) is 0 Å². The Bertz CT molecular complexity index is 403. The van der Waals surface area contributed by atoms with Gasteiger partial charge in [-0.25, -0.2) is 9.48 Å². The molecule has 0 aliphatic carbocycles. The lowest BCUT2D eigenvalue weighted by atomic mass is 10.3. The molecule has 1 heterocycles. The van der Waals surface area contributed by atoms with Crippen LogP contribution in [0.5, 0.6) is 5.88 Å². The molecule has 0 amide bonds. The lowest BCUT2D eigenvalue weighted by Gasteiger charge is -2.01. The fourth-order valence-electron chi connectivity index (χ4n) is 1.13. The maximum absolute atomic E-state index is 11.4. The number of allylic oxidation sites excluding steroid dienone is 2. The molecule has 0 saturated heterocycles. The molecule has 5 heteroatoms. The second-order valence-corrected chi connectivity index (χ2v) is 3.57. The summed E-state index contributed by atoms with van der Waals surface area (Å²) in [6.45, 7) is 6.33. The molecule has 0 aliphatic heterocycles. The number of carbonyl (C=O) groups excluding carboxylic acids is 1. The monoisotopic (exact) mass is 224 g/mol. The molecule has 0 saturated carbocycles. The van der Waals surface area contributed by atoms with Crippen LogP contribution in [-0.2, 0) is 11.3 Å². The van der Waals surface area contributed by atoms with Gasteiger partial charge in [0.15, 0.2) is 0 Å². The highest BCUT2D eigenvalue weighted by molar-refractivity contribution is 5.91. The molecule has 1 N–H and O–H groups in total. The van der Waals surface area contributed by atoms with E-state index in [2.05, 4.69) is 5.10 Å². The highest BCUT2D eigenvalue weighted by Crippen LogP contribution is 2.17. The average Bonchev–Trinajstić information content (AvgIpc) is 2.57. The van der Waals surface area contributed by atoms with Crippen LogP contribution in [0.3, 0.4) is 0 Å². The summed E-state index contributed by atoms with van der Waals surface area (Å²) < 4.78 is 6.13. The van der Waals surface area contributed by atoms with E-state index >= 15 is 0 Å². The van der Waals surface area contributed by atoms with E-state index in [1.54, 1.807) is 6.92 Å². The number of hydrogen-bond acceptors (Lipinski definition) is 4. The van der Waals surface area contributed by atoms with Gasteiger partial charge < -0.3 is 9.84 Å². The Morgan fingerprint density at radius 1 is 1.62 bits per heavy atom. The van der Waals surface area contributed by atoms with Gasteiger partial charge in [-0.3, -0.25) is 0 Å². The van der Waals surface area contributed by atoms with Crippen molar-refractivity contribution in [3.8, 4) is 5.88 Å². The molecule has 0 bridgehead atoms. The molecule has 1 aromatic rings. The minimum Gasteiger partial charge on any atom is -0.493 e. The van der Waals surface area contributed by atoms with Gasteiger partial charge in [0.2, 0.25) is 5.88 Å². The van der Waals surface area contributed by atoms with E-state index in [4.69, 9.17) is 4.74 Å². The second-order valence-electron chi connectivity index (χ2n) is 3.57. The van der Waals surface area contributed by atoms with Crippen LogP contribution >= 0.6 is 0 Å².